The van der Waals surface area contributed by atoms with E-state index >= 15 is 0 Å². The monoisotopic (exact) mass is 286 g/mol. The number of hydrogen-bond donors (Lipinski definition) is 4. The standard InChI is InChI=1S/C13H18O7/c1-18-7-2-4-8(5-3-7)19-13-12(17)11(16)10(15)9(6-14)20-13/h2-5,9-17H,6H2,1H3/t9?,10-,11?,12-,13+/m0/s1. The van der Waals surface area contributed by atoms with Crippen LogP contribution in [0, 0.1) is 0 Å². The van der Waals surface area contributed by atoms with Gasteiger partial charge in [0.2, 0.25) is 6.29 Å². The van der Waals surface area contributed by atoms with Gasteiger partial charge in [0.15, 0.2) is 0 Å². The molecule has 0 amide bonds. The molecule has 1 aliphatic rings. The van der Waals surface area contributed by atoms with E-state index in [1.54, 1.807) is 24.3 Å². The first-order valence-electron chi connectivity index (χ1n) is 6.18. The maximum atomic E-state index is 9.82. The number of aliphatic hydroxyl groups excluding tert-OH is 4. The van der Waals surface area contributed by atoms with E-state index in [1.807, 2.05) is 0 Å². The van der Waals surface area contributed by atoms with Crippen molar-refractivity contribution in [3.63, 3.8) is 0 Å². The average Bonchev–Trinajstić information content (AvgIpc) is 2.48. The quantitative estimate of drug-likeness (QED) is 0.555. The van der Waals surface area contributed by atoms with Crippen LogP contribution in [-0.4, -0.2) is 64.8 Å². The van der Waals surface area contributed by atoms with Crippen LogP contribution >= 0.6 is 0 Å². The highest BCUT2D eigenvalue weighted by Gasteiger charge is 2.44. The minimum Gasteiger partial charge on any atom is -0.497 e. The second-order valence-corrected chi connectivity index (χ2v) is 4.49. The average molecular weight is 286 g/mol. The van der Waals surface area contributed by atoms with Crippen molar-refractivity contribution in [1.29, 1.82) is 0 Å². The molecule has 0 bridgehead atoms. The fraction of sp³-hybridized carbons (Fsp3) is 0.538. The summed E-state index contributed by atoms with van der Waals surface area (Å²) in [6.45, 7) is -0.493. The number of benzene rings is 1. The van der Waals surface area contributed by atoms with E-state index in [0.717, 1.165) is 0 Å². The molecule has 0 spiro atoms. The topological polar surface area (TPSA) is 109 Å². The van der Waals surface area contributed by atoms with E-state index in [9.17, 15) is 15.3 Å². The first-order chi connectivity index (χ1) is 9.56. The van der Waals surface area contributed by atoms with E-state index < -0.39 is 37.3 Å². The lowest BCUT2D eigenvalue weighted by molar-refractivity contribution is -0.277. The van der Waals surface area contributed by atoms with Crippen LogP contribution in [0.15, 0.2) is 24.3 Å². The van der Waals surface area contributed by atoms with Gasteiger partial charge in [-0.25, -0.2) is 0 Å². The van der Waals surface area contributed by atoms with Crippen molar-refractivity contribution in [1.82, 2.24) is 0 Å². The molecule has 1 aromatic carbocycles. The molecule has 20 heavy (non-hydrogen) atoms. The third-order valence-electron chi connectivity index (χ3n) is 3.16. The van der Waals surface area contributed by atoms with Crippen LogP contribution in [0.2, 0.25) is 0 Å². The zero-order valence-corrected chi connectivity index (χ0v) is 10.9. The van der Waals surface area contributed by atoms with Gasteiger partial charge < -0.3 is 34.6 Å². The molecule has 0 radical (unpaired) electrons. The smallest absolute Gasteiger partial charge is 0.229 e. The molecule has 0 aliphatic carbocycles. The fourth-order valence-electron chi connectivity index (χ4n) is 1.95. The lowest BCUT2D eigenvalue weighted by atomic mass is 9.99. The van der Waals surface area contributed by atoms with Gasteiger partial charge in [0.25, 0.3) is 0 Å². The Kier molecular flexibility index (Phi) is 4.79. The van der Waals surface area contributed by atoms with Gasteiger partial charge in [-0.1, -0.05) is 0 Å². The number of aliphatic hydroxyl groups is 4. The second kappa shape index (κ2) is 6.38. The molecule has 1 aliphatic heterocycles. The zero-order valence-electron chi connectivity index (χ0n) is 10.9. The highest BCUT2D eigenvalue weighted by Crippen LogP contribution is 2.25. The summed E-state index contributed by atoms with van der Waals surface area (Å²) < 4.78 is 15.6. The van der Waals surface area contributed by atoms with Gasteiger partial charge in [-0.2, -0.15) is 0 Å². The van der Waals surface area contributed by atoms with Gasteiger partial charge >= 0.3 is 0 Å². The first kappa shape index (κ1) is 15.0. The van der Waals surface area contributed by atoms with Crippen LogP contribution in [0.4, 0.5) is 0 Å². The van der Waals surface area contributed by atoms with Crippen LogP contribution in [0.1, 0.15) is 0 Å². The molecular formula is C13H18O7. The summed E-state index contributed by atoms with van der Waals surface area (Å²) in [6.07, 6.45) is -6.44. The van der Waals surface area contributed by atoms with Crippen LogP contribution in [0.3, 0.4) is 0 Å². The zero-order chi connectivity index (χ0) is 14.7. The van der Waals surface area contributed by atoms with Crippen molar-refractivity contribution in [2.45, 2.75) is 30.7 Å². The van der Waals surface area contributed by atoms with E-state index in [-0.39, 0.29) is 0 Å². The van der Waals surface area contributed by atoms with E-state index in [4.69, 9.17) is 19.3 Å². The van der Waals surface area contributed by atoms with Crippen molar-refractivity contribution in [3.05, 3.63) is 24.3 Å². The number of methoxy groups -OCH3 is 1. The summed E-state index contributed by atoms with van der Waals surface area (Å²) in [5, 5.41) is 38.2. The third kappa shape index (κ3) is 3.02. The molecule has 2 rings (SSSR count). The van der Waals surface area contributed by atoms with Crippen LogP contribution in [0.25, 0.3) is 0 Å². The maximum Gasteiger partial charge on any atom is 0.229 e. The van der Waals surface area contributed by atoms with Crippen molar-refractivity contribution in [2.24, 2.45) is 0 Å². The summed E-state index contributed by atoms with van der Waals surface area (Å²) in [4.78, 5) is 0. The Bertz CT molecular complexity index is 419. The summed E-state index contributed by atoms with van der Waals surface area (Å²) in [6, 6.07) is 6.55. The lowest BCUT2D eigenvalue weighted by Crippen LogP contribution is -2.60. The van der Waals surface area contributed by atoms with Gasteiger partial charge in [-0.3, -0.25) is 0 Å². The van der Waals surface area contributed by atoms with Crippen molar-refractivity contribution >= 4 is 0 Å². The summed E-state index contributed by atoms with van der Waals surface area (Å²) in [5.74, 6) is 1.04. The van der Waals surface area contributed by atoms with E-state index in [1.165, 1.54) is 7.11 Å². The fourth-order valence-corrected chi connectivity index (χ4v) is 1.95. The Morgan fingerprint density at radius 2 is 1.60 bits per heavy atom. The summed E-state index contributed by atoms with van der Waals surface area (Å²) in [5.41, 5.74) is 0. The molecule has 1 aromatic rings. The Labute approximate surface area is 115 Å². The van der Waals surface area contributed by atoms with E-state index in [2.05, 4.69) is 0 Å². The maximum absolute atomic E-state index is 9.82. The molecule has 2 unspecified atom stereocenters. The Morgan fingerprint density at radius 1 is 1.00 bits per heavy atom. The highest BCUT2D eigenvalue weighted by atomic mass is 16.7. The molecule has 112 valence electrons. The minimum atomic E-state index is -1.45. The molecule has 7 heteroatoms. The highest BCUT2D eigenvalue weighted by molar-refractivity contribution is 5.31. The molecular weight excluding hydrogens is 268 g/mol. The van der Waals surface area contributed by atoms with E-state index in [0.29, 0.717) is 11.5 Å². The molecule has 7 nitrogen and oxygen atoms in total. The number of ether oxygens (including phenoxy) is 3. The SMILES string of the molecule is COc1ccc(O[C@@H]2OC(CO)[C@H](O)C(O)[C@@H]2O)cc1. The van der Waals surface area contributed by atoms with Crippen LogP contribution < -0.4 is 9.47 Å². The number of rotatable bonds is 4. The van der Waals surface area contributed by atoms with Crippen LogP contribution in [0.5, 0.6) is 11.5 Å². The summed E-state index contributed by atoms with van der Waals surface area (Å²) >= 11 is 0. The third-order valence-corrected chi connectivity index (χ3v) is 3.16. The van der Waals surface area contributed by atoms with Gasteiger partial charge in [0.05, 0.1) is 13.7 Å². The predicted octanol–water partition coefficient (Wildman–Crippen LogP) is -1.13. The van der Waals surface area contributed by atoms with Gasteiger partial charge in [-0.05, 0) is 24.3 Å². The van der Waals surface area contributed by atoms with Crippen molar-refractivity contribution in [2.75, 3.05) is 13.7 Å². The molecule has 1 fully saturated rings. The molecule has 0 aromatic heterocycles. The van der Waals surface area contributed by atoms with Crippen molar-refractivity contribution in [3.8, 4) is 11.5 Å². The lowest BCUT2D eigenvalue weighted by Gasteiger charge is -2.39. The normalized spacial score (nSPS) is 33.8. The predicted molar refractivity (Wildman–Crippen MR) is 67.4 cm³/mol. The number of hydrogen-bond acceptors (Lipinski definition) is 7. The Balaban J connectivity index is 2.06. The largest absolute Gasteiger partial charge is 0.497 e. The molecule has 5 atom stereocenters. The van der Waals surface area contributed by atoms with Gasteiger partial charge in [-0.15, -0.1) is 0 Å². The van der Waals surface area contributed by atoms with Crippen molar-refractivity contribution < 1.29 is 34.6 Å². The summed E-state index contributed by atoms with van der Waals surface area (Å²) in [7, 11) is 1.54. The first-order valence-corrected chi connectivity index (χ1v) is 6.18. The second-order valence-electron chi connectivity index (χ2n) is 4.49. The molecule has 0 saturated carbocycles. The van der Waals surface area contributed by atoms with Gasteiger partial charge in [0, 0.05) is 0 Å². The van der Waals surface area contributed by atoms with Gasteiger partial charge in [0.1, 0.15) is 35.9 Å². The van der Waals surface area contributed by atoms with Crippen LogP contribution in [-0.2, 0) is 4.74 Å². The minimum absolute atomic E-state index is 0.398. The molecule has 1 heterocycles. The Hall–Kier alpha value is -1.38. The Morgan fingerprint density at radius 3 is 2.15 bits per heavy atom. The molecule has 1 saturated heterocycles. The molecule has 4 N–H and O–H groups in total.